The minimum atomic E-state index is 0.0471. The van der Waals surface area contributed by atoms with Gasteiger partial charge in [-0.25, -0.2) is 4.98 Å². The van der Waals surface area contributed by atoms with Gasteiger partial charge in [-0.1, -0.05) is 36.7 Å². The Morgan fingerprint density at radius 3 is 2.63 bits per heavy atom. The largest absolute Gasteiger partial charge is 0.481 e. The molecule has 3 nitrogen and oxygen atoms in total. The third kappa shape index (κ3) is 3.25. The van der Waals surface area contributed by atoms with Gasteiger partial charge < -0.3 is 10.1 Å². The van der Waals surface area contributed by atoms with Gasteiger partial charge in [-0.3, -0.25) is 0 Å². The lowest BCUT2D eigenvalue weighted by molar-refractivity contribution is 0.387. The molecular weight excluding hydrogens is 260 g/mol. The molecule has 0 radical (unpaired) electrons. The molecule has 1 N–H and O–H groups in total. The Balaban J connectivity index is 2.42. The Morgan fingerprint density at radius 2 is 2.00 bits per heavy atom. The predicted octanol–water partition coefficient (Wildman–Crippen LogP) is 3.44. The average Bonchev–Trinajstić information content (AvgIpc) is 2.46. The summed E-state index contributed by atoms with van der Waals surface area (Å²) in [6, 6.07) is 11.8. The second-order valence-electron chi connectivity index (χ2n) is 4.14. The van der Waals surface area contributed by atoms with Crippen molar-refractivity contribution in [1.29, 1.82) is 0 Å². The maximum atomic E-state index is 5.94. The van der Waals surface area contributed by atoms with Gasteiger partial charge in [0.2, 0.25) is 5.88 Å². The van der Waals surface area contributed by atoms with Crippen LogP contribution >= 0.6 is 11.6 Å². The van der Waals surface area contributed by atoms with Gasteiger partial charge >= 0.3 is 0 Å². The summed E-state index contributed by atoms with van der Waals surface area (Å²) in [5.74, 6) is 0.642. The number of halogens is 1. The molecule has 0 fully saturated rings. The summed E-state index contributed by atoms with van der Waals surface area (Å²) in [4.78, 5) is 4.26. The highest BCUT2D eigenvalue weighted by molar-refractivity contribution is 6.30. The lowest BCUT2D eigenvalue weighted by Crippen LogP contribution is -2.22. The first-order valence-corrected chi connectivity index (χ1v) is 6.61. The van der Waals surface area contributed by atoms with E-state index in [0.717, 1.165) is 22.7 Å². The summed E-state index contributed by atoms with van der Waals surface area (Å²) < 4.78 is 5.34. The summed E-state index contributed by atoms with van der Waals surface area (Å²) in [7, 11) is 1.64. The molecule has 1 unspecified atom stereocenters. The van der Waals surface area contributed by atoms with Crippen LogP contribution in [0.25, 0.3) is 0 Å². The van der Waals surface area contributed by atoms with Crippen molar-refractivity contribution in [3.05, 3.63) is 58.7 Å². The molecule has 4 heteroatoms. The minimum Gasteiger partial charge on any atom is -0.481 e. The van der Waals surface area contributed by atoms with Gasteiger partial charge in [-0.15, -0.1) is 0 Å². The molecule has 0 aliphatic carbocycles. The quantitative estimate of drug-likeness (QED) is 0.908. The van der Waals surface area contributed by atoms with E-state index >= 15 is 0 Å². The third-order valence-corrected chi connectivity index (χ3v) is 3.17. The zero-order valence-corrected chi connectivity index (χ0v) is 11.8. The lowest BCUT2D eigenvalue weighted by atomic mass is 9.99. The molecule has 1 aromatic carbocycles. The summed E-state index contributed by atoms with van der Waals surface area (Å²) in [6.45, 7) is 2.93. The predicted molar refractivity (Wildman–Crippen MR) is 77.8 cm³/mol. The van der Waals surface area contributed by atoms with E-state index in [4.69, 9.17) is 16.3 Å². The first-order valence-electron chi connectivity index (χ1n) is 6.24. The summed E-state index contributed by atoms with van der Waals surface area (Å²) in [5.41, 5.74) is 2.16. The Labute approximate surface area is 118 Å². The van der Waals surface area contributed by atoms with Gasteiger partial charge in [0.1, 0.15) is 0 Å². The van der Waals surface area contributed by atoms with Crippen molar-refractivity contribution in [1.82, 2.24) is 10.3 Å². The van der Waals surface area contributed by atoms with E-state index < -0.39 is 0 Å². The van der Waals surface area contributed by atoms with Crippen molar-refractivity contribution in [2.75, 3.05) is 13.7 Å². The normalized spacial score (nSPS) is 12.2. The van der Waals surface area contributed by atoms with E-state index in [1.807, 2.05) is 36.4 Å². The molecule has 0 amide bonds. The zero-order chi connectivity index (χ0) is 13.7. The Morgan fingerprint density at radius 1 is 1.26 bits per heavy atom. The standard InChI is InChI=1S/C15H17ClN2O/c1-3-17-14(11-6-8-12(16)9-7-11)13-5-4-10-18-15(13)19-2/h4-10,14,17H,3H2,1-2H3. The number of hydrogen-bond donors (Lipinski definition) is 1. The fraction of sp³-hybridized carbons (Fsp3) is 0.267. The topological polar surface area (TPSA) is 34.2 Å². The van der Waals surface area contributed by atoms with Crippen molar-refractivity contribution < 1.29 is 4.74 Å². The zero-order valence-electron chi connectivity index (χ0n) is 11.1. The summed E-state index contributed by atoms with van der Waals surface area (Å²) >= 11 is 5.94. The van der Waals surface area contributed by atoms with E-state index in [-0.39, 0.29) is 6.04 Å². The van der Waals surface area contributed by atoms with E-state index in [0.29, 0.717) is 5.88 Å². The van der Waals surface area contributed by atoms with Gasteiger partial charge in [0.05, 0.1) is 13.2 Å². The second-order valence-corrected chi connectivity index (χ2v) is 4.58. The Bertz CT molecular complexity index is 528. The SMILES string of the molecule is CCNC(c1ccc(Cl)cc1)c1cccnc1OC. The van der Waals surface area contributed by atoms with E-state index in [1.54, 1.807) is 13.3 Å². The number of nitrogens with zero attached hydrogens (tertiary/aromatic N) is 1. The molecule has 1 aromatic heterocycles. The smallest absolute Gasteiger partial charge is 0.218 e. The van der Waals surface area contributed by atoms with Gasteiger partial charge in [-0.2, -0.15) is 0 Å². The van der Waals surface area contributed by atoms with Crippen LogP contribution in [0.4, 0.5) is 0 Å². The molecule has 0 aliphatic heterocycles. The van der Waals surface area contributed by atoms with Crippen molar-refractivity contribution in [3.8, 4) is 5.88 Å². The Kier molecular flexibility index (Phi) is 4.77. The molecule has 100 valence electrons. The maximum absolute atomic E-state index is 5.94. The van der Waals surface area contributed by atoms with Crippen LogP contribution in [0, 0.1) is 0 Å². The summed E-state index contributed by atoms with van der Waals surface area (Å²) in [6.07, 6.45) is 1.73. The second kappa shape index (κ2) is 6.55. The van der Waals surface area contributed by atoms with Gasteiger partial charge in [0.15, 0.2) is 0 Å². The number of rotatable bonds is 5. The van der Waals surface area contributed by atoms with Crippen LogP contribution in [0.5, 0.6) is 5.88 Å². The first-order chi connectivity index (χ1) is 9.26. The van der Waals surface area contributed by atoms with Gasteiger partial charge in [-0.05, 0) is 30.3 Å². The van der Waals surface area contributed by atoms with Crippen molar-refractivity contribution in [3.63, 3.8) is 0 Å². The number of ether oxygens (including phenoxy) is 1. The van der Waals surface area contributed by atoms with Crippen LogP contribution in [0.1, 0.15) is 24.1 Å². The van der Waals surface area contributed by atoms with Crippen LogP contribution in [0.3, 0.4) is 0 Å². The number of pyridine rings is 1. The molecule has 0 aliphatic rings. The number of methoxy groups -OCH3 is 1. The fourth-order valence-corrected chi connectivity index (χ4v) is 2.19. The van der Waals surface area contributed by atoms with Crippen molar-refractivity contribution in [2.45, 2.75) is 13.0 Å². The average molecular weight is 277 g/mol. The van der Waals surface area contributed by atoms with Crippen LogP contribution in [0.15, 0.2) is 42.6 Å². The fourth-order valence-electron chi connectivity index (χ4n) is 2.06. The van der Waals surface area contributed by atoms with Gasteiger partial charge in [0.25, 0.3) is 0 Å². The van der Waals surface area contributed by atoms with Crippen LogP contribution < -0.4 is 10.1 Å². The highest BCUT2D eigenvalue weighted by atomic mass is 35.5. The molecule has 1 heterocycles. The number of hydrogen-bond acceptors (Lipinski definition) is 3. The van der Waals surface area contributed by atoms with Crippen LogP contribution in [-0.2, 0) is 0 Å². The molecule has 0 bridgehead atoms. The molecule has 19 heavy (non-hydrogen) atoms. The number of nitrogens with one attached hydrogen (secondary N) is 1. The molecule has 2 rings (SSSR count). The molecule has 1 atom stereocenters. The summed E-state index contributed by atoms with van der Waals surface area (Å²) in [5, 5.41) is 4.18. The minimum absolute atomic E-state index is 0.0471. The van der Waals surface area contributed by atoms with E-state index in [9.17, 15) is 0 Å². The third-order valence-electron chi connectivity index (χ3n) is 2.92. The highest BCUT2D eigenvalue weighted by Gasteiger charge is 2.17. The molecule has 0 saturated heterocycles. The number of aromatic nitrogens is 1. The van der Waals surface area contributed by atoms with Crippen LogP contribution in [-0.4, -0.2) is 18.6 Å². The van der Waals surface area contributed by atoms with E-state index in [1.165, 1.54) is 0 Å². The molecular formula is C15H17ClN2O. The molecule has 0 spiro atoms. The molecule has 2 aromatic rings. The monoisotopic (exact) mass is 276 g/mol. The maximum Gasteiger partial charge on any atom is 0.218 e. The van der Waals surface area contributed by atoms with Crippen molar-refractivity contribution in [2.24, 2.45) is 0 Å². The van der Waals surface area contributed by atoms with Crippen molar-refractivity contribution >= 4 is 11.6 Å². The Hall–Kier alpha value is -1.58. The molecule has 0 saturated carbocycles. The van der Waals surface area contributed by atoms with E-state index in [2.05, 4.69) is 17.2 Å². The van der Waals surface area contributed by atoms with Crippen LogP contribution in [0.2, 0.25) is 5.02 Å². The highest BCUT2D eigenvalue weighted by Crippen LogP contribution is 2.28. The lowest BCUT2D eigenvalue weighted by Gasteiger charge is -2.20. The van der Waals surface area contributed by atoms with Gasteiger partial charge in [0, 0.05) is 16.8 Å². The first kappa shape index (κ1) is 13.8. The number of benzene rings is 1.